The molecule has 1 amide bonds. The summed E-state index contributed by atoms with van der Waals surface area (Å²) in [6.45, 7) is 3.18. The molecule has 0 spiro atoms. The van der Waals surface area contributed by atoms with E-state index in [2.05, 4.69) is 15.5 Å². The number of hydrogen-bond acceptors (Lipinski definition) is 6. The van der Waals surface area contributed by atoms with Crippen LogP contribution in [0.4, 0.5) is 5.69 Å². The van der Waals surface area contributed by atoms with Crippen LogP contribution < -0.4 is 14.5 Å². The molecule has 10 heteroatoms. The van der Waals surface area contributed by atoms with Gasteiger partial charge in [0.2, 0.25) is 0 Å². The average molecular weight is 537 g/mol. The van der Waals surface area contributed by atoms with Crippen molar-refractivity contribution in [3.8, 4) is 5.75 Å². The van der Waals surface area contributed by atoms with E-state index < -0.39 is 22.5 Å². The van der Waals surface area contributed by atoms with Crippen LogP contribution >= 0.6 is 11.6 Å². The lowest BCUT2D eigenvalue weighted by atomic mass is 10.1. The highest BCUT2D eigenvalue weighted by Gasteiger charge is 2.28. The summed E-state index contributed by atoms with van der Waals surface area (Å²) < 4.78 is 33.3. The van der Waals surface area contributed by atoms with Gasteiger partial charge < -0.3 is 4.74 Å². The second-order valence-electron chi connectivity index (χ2n) is 8.33. The lowest BCUT2D eigenvalue weighted by Gasteiger charge is -2.25. The number of hydrogen-bond donors (Lipinski definition) is 1. The predicted octanol–water partition coefficient (Wildman–Crippen LogP) is 4.86. The molecular formula is C27H25ClN4O4S. The third-order valence-corrected chi connectivity index (χ3v) is 7.73. The molecule has 0 aliphatic rings. The highest BCUT2D eigenvalue weighted by atomic mass is 35.5. The summed E-state index contributed by atoms with van der Waals surface area (Å²) in [5, 5.41) is 5.00. The van der Waals surface area contributed by atoms with Crippen molar-refractivity contribution in [2.75, 3.05) is 18.0 Å². The summed E-state index contributed by atoms with van der Waals surface area (Å²) in [5.74, 6) is 0.0369. The maximum Gasteiger partial charge on any atom is 0.264 e. The van der Waals surface area contributed by atoms with Gasteiger partial charge in [-0.3, -0.25) is 9.10 Å². The fraction of sp³-hybridized carbons (Fsp3) is 0.148. The van der Waals surface area contributed by atoms with Crippen molar-refractivity contribution in [1.82, 2.24) is 10.4 Å². The van der Waals surface area contributed by atoms with E-state index >= 15 is 0 Å². The number of pyridine rings is 1. The molecule has 8 nitrogen and oxygen atoms in total. The minimum absolute atomic E-state index is 0.0813. The lowest BCUT2D eigenvalue weighted by Crippen LogP contribution is -2.40. The number of hydrazone groups is 1. The van der Waals surface area contributed by atoms with Crippen LogP contribution in [0, 0.1) is 13.8 Å². The highest BCUT2D eigenvalue weighted by molar-refractivity contribution is 7.92. The van der Waals surface area contributed by atoms with E-state index in [9.17, 15) is 13.2 Å². The maximum atomic E-state index is 13.5. The van der Waals surface area contributed by atoms with Gasteiger partial charge in [-0.15, -0.1) is 0 Å². The van der Waals surface area contributed by atoms with Gasteiger partial charge in [0.05, 0.1) is 29.4 Å². The quantitative estimate of drug-likeness (QED) is 0.197. The van der Waals surface area contributed by atoms with Gasteiger partial charge in [-0.25, -0.2) is 18.8 Å². The van der Waals surface area contributed by atoms with Gasteiger partial charge in [0.25, 0.3) is 15.9 Å². The summed E-state index contributed by atoms with van der Waals surface area (Å²) in [4.78, 5) is 17.3. The molecule has 1 N–H and O–H groups in total. The third-order valence-electron chi connectivity index (χ3n) is 5.65. The third kappa shape index (κ3) is 5.90. The summed E-state index contributed by atoms with van der Waals surface area (Å²) in [5.41, 5.74) is 5.54. The maximum absolute atomic E-state index is 13.5. The zero-order valence-electron chi connectivity index (χ0n) is 20.5. The van der Waals surface area contributed by atoms with Crippen molar-refractivity contribution in [1.29, 1.82) is 0 Å². The van der Waals surface area contributed by atoms with Crippen LogP contribution in [0.5, 0.6) is 5.75 Å². The number of benzene rings is 3. The number of halogens is 1. The standard InChI is InChI=1S/C27H25ClN4O4S/c1-18-9-10-19(2)25(13-18)32(37(34,35)23-7-5-4-6-8-23)17-26(33)31-29-16-21-14-20-11-12-22(36-3)15-24(20)30-27(21)28/h4-16H,17H2,1-3H3,(H,31,33)/b29-16+. The summed E-state index contributed by atoms with van der Waals surface area (Å²) in [6, 6.07) is 20.6. The van der Waals surface area contributed by atoms with E-state index in [-0.39, 0.29) is 10.0 Å². The second kappa shape index (κ2) is 11.0. The number of carbonyl (C=O) groups is 1. The molecule has 190 valence electrons. The molecule has 4 rings (SSSR count). The Balaban J connectivity index is 1.58. The smallest absolute Gasteiger partial charge is 0.264 e. The Morgan fingerprint density at radius 2 is 1.84 bits per heavy atom. The number of carbonyl (C=O) groups excluding carboxylic acids is 1. The zero-order valence-corrected chi connectivity index (χ0v) is 22.0. The molecule has 0 fully saturated rings. The Labute approximate surface area is 220 Å². The van der Waals surface area contributed by atoms with E-state index in [1.54, 1.807) is 56.5 Å². The first kappa shape index (κ1) is 26.1. The molecule has 0 saturated heterocycles. The van der Waals surface area contributed by atoms with Crippen molar-refractivity contribution in [2.45, 2.75) is 18.7 Å². The number of ether oxygens (including phenoxy) is 1. The Hall–Kier alpha value is -3.95. The van der Waals surface area contributed by atoms with Crippen LogP contribution in [-0.2, 0) is 14.8 Å². The first-order chi connectivity index (χ1) is 17.7. The Morgan fingerprint density at radius 1 is 1.08 bits per heavy atom. The summed E-state index contributed by atoms with van der Waals surface area (Å²) >= 11 is 6.29. The molecule has 0 saturated carbocycles. The number of nitrogens with zero attached hydrogens (tertiary/aromatic N) is 3. The zero-order chi connectivity index (χ0) is 26.6. The molecule has 0 aliphatic heterocycles. The van der Waals surface area contributed by atoms with E-state index in [0.29, 0.717) is 28.1 Å². The molecule has 1 heterocycles. The summed E-state index contributed by atoms with van der Waals surface area (Å²) in [7, 11) is -2.45. The first-order valence-corrected chi connectivity index (χ1v) is 13.1. The van der Waals surface area contributed by atoms with Crippen molar-refractivity contribution in [3.63, 3.8) is 0 Å². The molecule has 0 radical (unpaired) electrons. The van der Waals surface area contributed by atoms with Gasteiger partial charge in [-0.1, -0.05) is 41.9 Å². The number of aromatic nitrogens is 1. The molecule has 0 unspecified atom stereocenters. The monoisotopic (exact) mass is 536 g/mol. The number of nitrogens with one attached hydrogen (secondary N) is 1. The van der Waals surface area contributed by atoms with Crippen LogP contribution in [0.1, 0.15) is 16.7 Å². The fourth-order valence-corrected chi connectivity index (χ4v) is 5.40. The van der Waals surface area contributed by atoms with Crippen molar-refractivity contribution < 1.29 is 17.9 Å². The normalized spacial score (nSPS) is 11.6. The second-order valence-corrected chi connectivity index (χ2v) is 10.6. The largest absolute Gasteiger partial charge is 0.497 e. The molecule has 4 aromatic rings. The molecule has 0 aliphatic carbocycles. The van der Waals surface area contributed by atoms with Gasteiger partial charge >= 0.3 is 0 Å². The molecule has 0 atom stereocenters. The van der Waals surface area contributed by atoms with Gasteiger partial charge in [-0.2, -0.15) is 5.10 Å². The minimum atomic E-state index is -4.02. The predicted molar refractivity (Wildman–Crippen MR) is 146 cm³/mol. The molecule has 3 aromatic carbocycles. The number of amides is 1. The molecule has 1 aromatic heterocycles. The molecule has 0 bridgehead atoms. The van der Waals surface area contributed by atoms with Gasteiger partial charge in [0, 0.05) is 17.0 Å². The van der Waals surface area contributed by atoms with E-state index in [0.717, 1.165) is 15.3 Å². The number of anilines is 1. The number of aryl methyl sites for hydroxylation is 2. The Kier molecular flexibility index (Phi) is 7.75. The first-order valence-electron chi connectivity index (χ1n) is 11.3. The minimum Gasteiger partial charge on any atom is -0.497 e. The van der Waals surface area contributed by atoms with Crippen LogP contribution in [0.25, 0.3) is 10.9 Å². The number of methoxy groups -OCH3 is 1. The van der Waals surface area contributed by atoms with E-state index in [1.807, 2.05) is 25.1 Å². The van der Waals surface area contributed by atoms with Crippen molar-refractivity contribution in [3.05, 3.63) is 94.6 Å². The highest BCUT2D eigenvalue weighted by Crippen LogP contribution is 2.28. The van der Waals surface area contributed by atoms with E-state index in [4.69, 9.17) is 16.3 Å². The van der Waals surface area contributed by atoms with E-state index in [1.165, 1.54) is 18.3 Å². The van der Waals surface area contributed by atoms with Crippen LogP contribution in [0.2, 0.25) is 5.15 Å². The van der Waals surface area contributed by atoms with Crippen LogP contribution in [0.15, 0.2) is 82.8 Å². The lowest BCUT2D eigenvalue weighted by molar-refractivity contribution is -0.119. The summed E-state index contributed by atoms with van der Waals surface area (Å²) in [6.07, 6.45) is 1.37. The molecule has 37 heavy (non-hydrogen) atoms. The molecular weight excluding hydrogens is 512 g/mol. The number of fused-ring (bicyclic) bond motifs is 1. The van der Waals surface area contributed by atoms with Gasteiger partial charge in [-0.05, 0) is 61.4 Å². The van der Waals surface area contributed by atoms with Crippen molar-refractivity contribution in [2.24, 2.45) is 5.10 Å². The van der Waals surface area contributed by atoms with Crippen molar-refractivity contribution >= 4 is 50.3 Å². The van der Waals surface area contributed by atoms with Crippen LogP contribution in [-0.4, -0.2) is 39.2 Å². The SMILES string of the molecule is COc1ccc2cc(/C=N/NC(=O)CN(c3cc(C)ccc3C)S(=O)(=O)c3ccccc3)c(Cl)nc2c1. The average Bonchev–Trinajstić information content (AvgIpc) is 2.89. The Morgan fingerprint density at radius 3 is 2.57 bits per heavy atom. The number of rotatable bonds is 8. The number of sulfonamides is 1. The van der Waals surface area contributed by atoms with Crippen LogP contribution in [0.3, 0.4) is 0 Å². The Bertz CT molecular complexity index is 1590. The fourth-order valence-electron chi connectivity index (χ4n) is 3.70. The van der Waals surface area contributed by atoms with Gasteiger partial charge in [0.15, 0.2) is 0 Å². The van der Waals surface area contributed by atoms with Gasteiger partial charge in [0.1, 0.15) is 17.4 Å². The topological polar surface area (TPSA) is 101 Å².